The molecule has 0 radical (unpaired) electrons. The average molecular weight is 304 g/mol. The quantitative estimate of drug-likeness (QED) is 0.797. The second kappa shape index (κ2) is 6.54. The standard InChI is InChI=1S/C16H16O4S/c1-2-20-16(17)15(13-9-5-3-6-10-13)21(18,19)14-11-7-4-8-12-14/h3-12,15H,2H2,1H3/t15-/m0/s1. The highest BCUT2D eigenvalue weighted by molar-refractivity contribution is 7.92. The van der Waals surface area contributed by atoms with Gasteiger partial charge in [0.15, 0.2) is 15.1 Å². The molecule has 21 heavy (non-hydrogen) atoms. The molecule has 0 aliphatic heterocycles. The lowest BCUT2D eigenvalue weighted by Gasteiger charge is -2.16. The van der Waals surface area contributed by atoms with Gasteiger partial charge >= 0.3 is 5.97 Å². The van der Waals surface area contributed by atoms with Crippen molar-refractivity contribution in [3.63, 3.8) is 0 Å². The predicted molar refractivity (Wildman–Crippen MR) is 79.4 cm³/mol. The summed E-state index contributed by atoms with van der Waals surface area (Å²) in [4.78, 5) is 12.3. The number of hydrogen-bond donors (Lipinski definition) is 0. The highest BCUT2D eigenvalue weighted by Crippen LogP contribution is 2.30. The smallest absolute Gasteiger partial charge is 0.329 e. The van der Waals surface area contributed by atoms with Gasteiger partial charge in [-0.05, 0) is 24.6 Å². The van der Waals surface area contributed by atoms with Crippen LogP contribution in [0, 0.1) is 0 Å². The van der Waals surface area contributed by atoms with Crippen LogP contribution in [-0.4, -0.2) is 21.0 Å². The predicted octanol–water partition coefficient (Wildman–Crippen LogP) is 2.76. The third kappa shape index (κ3) is 3.31. The van der Waals surface area contributed by atoms with E-state index in [-0.39, 0.29) is 11.5 Å². The normalized spacial score (nSPS) is 12.6. The Morgan fingerprint density at radius 2 is 1.52 bits per heavy atom. The monoisotopic (exact) mass is 304 g/mol. The van der Waals surface area contributed by atoms with Gasteiger partial charge < -0.3 is 4.74 Å². The van der Waals surface area contributed by atoms with E-state index in [0.717, 1.165) is 0 Å². The minimum atomic E-state index is -3.85. The minimum absolute atomic E-state index is 0.104. The van der Waals surface area contributed by atoms with Crippen LogP contribution in [0.2, 0.25) is 0 Å². The molecule has 2 rings (SSSR count). The molecule has 1 atom stereocenters. The van der Waals surface area contributed by atoms with Gasteiger partial charge in [0.25, 0.3) is 0 Å². The summed E-state index contributed by atoms with van der Waals surface area (Å²) in [6.07, 6.45) is 0. The van der Waals surface area contributed by atoms with Crippen LogP contribution in [0.4, 0.5) is 0 Å². The van der Waals surface area contributed by atoms with E-state index >= 15 is 0 Å². The molecule has 5 heteroatoms. The summed E-state index contributed by atoms with van der Waals surface area (Å²) in [6.45, 7) is 1.78. The summed E-state index contributed by atoms with van der Waals surface area (Å²) in [7, 11) is -3.85. The first-order valence-corrected chi connectivity index (χ1v) is 8.12. The number of esters is 1. The van der Waals surface area contributed by atoms with E-state index in [2.05, 4.69) is 0 Å². The number of ether oxygens (including phenoxy) is 1. The summed E-state index contributed by atoms with van der Waals surface area (Å²) in [5.74, 6) is -0.757. The molecule has 0 bridgehead atoms. The van der Waals surface area contributed by atoms with E-state index in [0.29, 0.717) is 5.56 Å². The van der Waals surface area contributed by atoms with E-state index in [1.165, 1.54) is 12.1 Å². The van der Waals surface area contributed by atoms with Gasteiger partial charge in [-0.3, -0.25) is 4.79 Å². The highest BCUT2D eigenvalue weighted by atomic mass is 32.2. The molecule has 110 valence electrons. The van der Waals surface area contributed by atoms with E-state index in [4.69, 9.17) is 4.74 Å². The molecule has 2 aromatic carbocycles. The third-order valence-electron chi connectivity index (χ3n) is 2.99. The maximum absolute atomic E-state index is 12.7. The van der Waals surface area contributed by atoms with Crippen LogP contribution in [0.1, 0.15) is 17.7 Å². The van der Waals surface area contributed by atoms with Gasteiger partial charge in [0.05, 0.1) is 11.5 Å². The SMILES string of the molecule is CCOC(=O)[C@H](c1ccccc1)S(=O)(=O)c1ccccc1. The summed E-state index contributed by atoms with van der Waals surface area (Å²) >= 11 is 0. The number of carbonyl (C=O) groups excluding carboxylic acids is 1. The first-order valence-electron chi connectivity index (χ1n) is 6.58. The molecule has 0 unspecified atom stereocenters. The second-order valence-corrected chi connectivity index (χ2v) is 6.43. The maximum Gasteiger partial charge on any atom is 0.329 e. The number of carbonyl (C=O) groups is 1. The molecule has 0 aliphatic carbocycles. The van der Waals surface area contributed by atoms with Crippen LogP contribution in [0.5, 0.6) is 0 Å². The van der Waals surface area contributed by atoms with E-state index in [1.54, 1.807) is 55.5 Å². The molecule has 0 saturated carbocycles. The Balaban J connectivity index is 2.53. The lowest BCUT2D eigenvalue weighted by atomic mass is 10.1. The van der Waals surface area contributed by atoms with Crippen molar-refractivity contribution in [3.05, 3.63) is 66.2 Å². The molecule has 0 spiro atoms. The van der Waals surface area contributed by atoms with Gasteiger partial charge in [-0.15, -0.1) is 0 Å². The van der Waals surface area contributed by atoms with Gasteiger partial charge in [-0.25, -0.2) is 8.42 Å². The molecular weight excluding hydrogens is 288 g/mol. The van der Waals surface area contributed by atoms with Crippen molar-refractivity contribution >= 4 is 15.8 Å². The summed E-state index contributed by atoms with van der Waals surface area (Å²) in [5, 5.41) is -1.35. The zero-order chi connectivity index (χ0) is 15.3. The Labute approximate surface area is 124 Å². The van der Waals surface area contributed by atoms with E-state index < -0.39 is 21.1 Å². The molecule has 0 amide bonds. The Hall–Kier alpha value is -2.14. The highest BCUT2D eigenvalue weighted by Gasteiger charge is 2.36. The Kier molecular flexibility index (Phi) is 4.75. The Morgan fingerprint density at radius 3 is 2.05 bits per heavy atom. The number of hydrogen-bond acceptors (Lipinski definition) is 4. The first kappa shape index (κ1) is 15.3. The van der Waals surface area contributed by atoms with Crippen LogP contribution in [-0.2, 0) is 19.4 Å². The number of sulfone groups is 1. The van der Waals surface area contributed by atoms with Gasteiger partial charge in [0.2, 0.25) is 0 Å². The topological polar surface area (TPSA) is 60.4 Å². The molecule has 2 aromatic rings. The fourth-order valence-corrected chi connectivity index (χ4v) is 3.68. The molecule has 0 N–H and O–H groups in total. The Bertz CT molecular complexity index is 694. The zero-order valence-corrected chi connectivity index (χ0v) is 12.4. The number of rotatable bonds is 5. The van der Waals surface area contributed by atoms with Crippen LogP contribution in [0.15, 0.2) is 65.6 Å². The molecule has 0 heterocycles. The van der Waals surface area contributed by atoms with Crippen molar-refractivity contribution in [2.24, 2.45) is 0 Å². The Morgan fingerprint density at radius 1 is 1.00 bits per heavy atom. The summed E-state index contributed by atoms with van der Waals surface area (Å²) in [5.41, 5.74) is 0.403. The minimum Gasteiger partial charge on any atom is -0.465 e. The van der Waals surface area contributed by atoms with E-state index in [9.17, 15) is 13.2 Å². The molecule has 0 aromatic heterocycles. The van der Waals surface area contributed by atoms with Crippen LogP contribution in [0.3, 0.4) is 0 Å². The van der Waals surface area contributed by atoms with Crippen molar-refractivity contribution in [2.45, 2.75) is 17.1 Å². The number of benzene rings is 2. The largest absolute Gasteiger partial charge is 0.465 e. The van der Waals surface area contributed by atoms with Crippen LogP contribution < -0.4 is 0 Å². The van der Waals surface area contributed by atoms with Gasteiger partial charge in [0, 0.05) is 0 Å². The fourth-order valence-electron chi connectivity index (χ4n) is 2.03. The molecule has 4 nitrogen and oxygen atoms in total. The fraction of sp³-hybridized carbons (Fsp3) is 0.188. The second-order valence-electron chi connectivity index (χ2n) is 4.40. The zero-order valence-electron chi connectivity index (χ0n) is 11.6. The van der Waals surface area contributed by atoms with Gasteiger partial charge in [0.1, 0.15) is 0 Å². The van der Waals surface area contributed by atoms with Gasteiger partial charge in [-0.1, -0.05) is 48.5 Å². The van der Waals surface area contributed by atoms with Crippen LogP contribution >= 0.6 is 0 Å². The molecule has 0 aliphatic rings. The van der Waals surface area contributed by atoms with Crippen molar-refractivity contribution < 1.29 is 17.9 Å². The maximum atomic E-state index is 12.7. The summed E-state index contributed by atoms with van der Waals surface area (Å²) < 4.78 is 30.4. The van der Waals surface area contributed by atoms with Gasteiger partial charge in [-0.2, -0.15) is 0 Å². The molecule has 0 saturated heterocycles. The van der Waals surface area contributed by atoms with Crippen molar-refractivity contribution in [1.82, 2.24) is 0 Å². The lowest BCUT2D eigenvalue weighted by Crippen LogP contribution is -2.24. The van der Waals surface area contributed by atoms with Crippen molar-refractivity contribution in [2.75, 3.05) is 6.61 Å². The van der Waals surface area contributed by atoms with Crippen molar-refractivity contribution in [3.8, 4) is 0 Å². The molecular formula is C16H16O4S. The van der Waals surface area contributed by atoms with Crippen molar-refractivity contribution in [1.29, 1.82) is 0 Å². The first-order chi connectivity index (χ1) is 10.1. The van der Waals surface area contributed by atoms with Crippen LogP contribution in [0.25, 0.3) is 0 Å². The third-order valence-corrected chi connectivity index (χ3v) is 5.00. The van der Waals surface area contributed by atoms with E-state index in [1.807, 2.05) is 0 Å². The lowest BCUT2D eigenvalue weighted by molar-refractivity contribution is -0.142. The average Bonchev–Trinajstić information content (AvgIpc) is 2.49. The summed E-state index contributed by atoms with van der Waals surface area (Å²) in [6, 6.07) is 16.3. The molecule has 0 fully saturated rings.